The fourth-order valence-electron chi connectivity index (χ4n) is 2.41. The van der Waals surface area contributed by atoms with Crippen molar-refractivity contribution in [1.29, 1.82) is 0 Å². The van der Waals surface area contributed by atoms with Gasteiger partial charge in [0.25, 0.3) is 0 Å². The van der Waals surface area contributed by atoms with Gasteiger partial charge in [-0.25, -0.2) is 0 Å². The Morgan fingerprint density at radius 1 is 1.48 bits per heavy atom. The molecule has 0 atom stereocenters. The Labute approximate surface area is 133 Å². The maximum atomic E-state index is 12.2. The van der Waals surface area contributed by atoms with E-state index in [0.717, 1.165) is 10.0 Å². The minimum atomic E-state index is -0.0545. The average Bonchev–Trinajstić information content (AvgIpc) is 2.41. The van der Waals surface area contributed by atoms with Crippen molar-refractivity contribution in [2.24, 2.45) is 5.92 Å². The molecule has 4 nitrogen and oxygen atoms in total. The van der Waals surface area contributed by atoms with Gasteiger partial charge < -0.3 is 9.80 Å². The Kier molecular flexibility index (Phi) is 5.17. The summed E-state index contributed by atoms with van der Waals surface area (Å²) in [6.45, 7) is 5.37. The van der Waals surface area contributed by atoms with Gasteiger partial charge in [0.15, 0.2) is 0 Å². The molecule has 0 aromatic heterocycles. The smallest absolute Gasteiger partial charge is 0.245 e. The monoisotopic (exact) mass is 350 g/mol. The van der Waals surface area contributed by atoms with Crippen molar-refractivity contribution in [3.8, 4) is 0 Å². The highest BCUT2D eigenvalue weighted by Gasteiger charge is 2.31. The summed E-state index contributed by atoms with van der Waals surface area (Å²) in [4.78, 5) is 27.0. The predicted octanol–water partition coefficient (Wildman–Crippen LogP) is 2.44. The van der Waals surface area contributed by atoms with Crippen molar-refractivity contribution < 1.29 is 9.59 Å². The Hall–Kier alpha value is -1.62. The molecule has 1 fully saturated rings. The van der Waals surface area contributed by atoms with E-state index in [4.69, 9.17) is 0 Å². The number of hydrogen-bond acceptors (Lipinski definition) is 2. The summed E-state index contributed by atoms with van der Waals surface area (Å²) >= 11 is 3.43. The minimum absolute atomic E-state index is 0.0545. The number of amides is 2. The Balaban J connectivity index is 1.79. The van der Waals surface area contributed by atoms with Crippen LogP contribution in [0.2, 0.25) is 0 Å². The molecule has 1 aromatic carbocycles. The molecule has 1 saturated heterocycles. The lowest BCUT2D eigenvalue weighted by Crippen LogP contribution is -2.50. The number of hydrogen-bond donors (Lipinski definition) is 0. The molecule has 2 amide bonds. The third kappa shape index (κ3) is 4.17. The first kappa shape index (κ1) is 15.8. The van der Waals surface area contributed by atoms with Crippen molar-refractivity contribution >= 4 is 27.7 Å². The van der Waals surface area contributed by atoms with Crippen LogP contribution in [0, 0.1) is 5.92 Å². The Bertz CT molecular complexity index is 553. The molecular formula is C16H19BrN2O2. The average molecular weight is 351 g/mol. The van der Waals surface area contributed by atoms with Gasteiger partial charge in [-0.1, -0.05) is 34.6 Å². The first-order chi connectivity index (χ1) is 9.99. The Morgan fingerprint density at radius 3 is 2.81 bits per heavy atom. The molecule has 0 saturated carbocycles. The highest BCUT2D eigenvalue weighted by Crippen LogP contribution is 2.21. The van der Waals surface area contributed by atoms with Crippen LogP contribution in [0.5, 0.6) is 0 Å². The van der Waals surface area contributed by atoms with Gasteiger partial charge in [0.1, 0.15) is 0 Å². The summed E-state index contributed by atoms with van der Waals surface area (Å²) in [5.74, 6) is 0.332. The van der Waals surface area contributed by atoms with Crippen molar-refractivity contribution in [1.82, 2.24) is 9.80 Å². The van der Waals surface area contributed by atoms with E-state index < -0.39 is 0 Å². The van der Waals surface area contributed by atoms with Crippen LogP contribution in [0.25, 0.3) is 0 Å². The zero-order valence-corrected chi connectivity index (χ0v) is 13.7. The molecule has 2 rings (SSSR count). The third-order valence-electron chi connectivity index (χ3n) is 3.64. The number of rotatable bonds is 5. The molecule has 0 bridgehead atoms. The van der Waals surface area contributed by atoms with E-state index in [9.17, 15) is 9.59 Å². The third-order valence-corrected chi connectivity index (χ3v) is 4.13. The SMILES string of the molecule is C=CC(=O)N1CC(CC(=O)N(C)Cc2cccc(Br)c2)C1. The molecule has 0 spiro atoms. The molecule has 0 radical (unpaired) electrons. The number of carbonyl (C=O) groups is 2. The molecule has 21 heavy (non-hydrogen) atoms. The Morgan fingerprint density at radius 2 is 2.19 bits per heavy atom. The fraction of sp³-hybridized carbons (Fsp3) is 0.375. The van der Waals surface area contributed by atoms with Gasteiger partial charge in [-0.05, 0) is 23.8 Å². The summed E-state index contributed by atoms with van der Waals surface area (Å²) in [6.07, 6.45) is 1.81. The zero-order valence-electron chi connectivity index (χ0n) is 12.1. The van der Waals surface area contributed by atoms with E-state index >= 15 is 0 Å². The largest absolute Gasteiger partial charge is 0.341 e. The molecule has 112 valence electrons. The van der Waals surface area contributed by atoms with Crippen LogP contribution >= 0.6 is 15.9 Å². The van der Waals surface area contributed by atoms with E-state index in [-0.39, 0.29) is 17.7 Å². The lowest BCUT2D eigenvalue weighted by atomic mass is 9.95. The van der Waals surface area contributed by atoms with Gasteiger partial charge in [0, 0.05) is 43.5 Å². The maximum absolute atomic E-state index is 12.2. The number of carbonyl (C=O) groups excluding carboxylic acids is 2. The zero-order chi connectivity index (χ0) is 15.4. The van der Waals surface area contributed by atoms with Crippen molar-refractivity contribution in [3.05, 3.63) is 47.0 Å². The first-order valence-electron chi connectivity index (χ1n) is 6.89. The standard InChI is InChI=1S/C16H19BrN2O2/c1-3-15(20)19-10-13(11-19)8-16(21)18(2)9-12-5-4-6-14(17)7-12/h3-7,13H,1,8-11H2,2H3. The summed E-state index contributed by atoms with van der Waals surface area (Å²) < 4.78 is 1.01. The minimum Gasteiger partial charge on any atom is -0.341 e. The molecule has 1 aromatic rings. The predicted molar refractivity (Wildman–Crippen MR) is 85.5 cm³/mol. The van der Waals surface area contributed by atoms with E-state index in [1.807, 2.05) is 31.3 Å². The van der Waals surface area contributed by atoms with Gasteiger partial charge in [-0.15, -0.1) is 0 Å². The molecular weight excluding hydrogens is 332 g/mol. The van der Waals surface area contributed by atoms with Crippen LogP contribution in [-0.2, 0) is 16.1 Å². The maximum Gasteiger partial charge on any atom is 0.245 e. The van der Waals surface area contributed by atoms with E-state index in [0.29, 0.717) is 26.1 Å². The second-order valence-electron chi connectivity index (χ2n) is 5.40. The van der Waals surface area contributed by atoms with Crippen LogP contribution in [0.3, 0.4) is 0 Å². The highest BCUT2D eigenvalue weighted by atomic mass is 79.9. The quantitative estimate of drug-likeness (QED) is 0.765. The van der Waals surface area contributed by atoms with Gasteiger partial charge in [0.05, 0.1) is 0 Å². The number of likely N-dealkylation sites (tertiary alicyclic amines) is 1. The fourth-order valence-corrected chi connectivity index (χ4v) is 2.85. The molecule has 1 heterocycles. The van der Waals surface area contributed by atoms with Crippen LogP contribution in [0.1, 0.15) is 12.0 Å². The molecule has 5 heteroatoms. The van der Waals surface area contributed by atoms with E-state index in [1.165, 1.54) is 6.08 Å². The van der Waals surface area contributed by atoms with E-state index in [1.54, 1.807) is 9.80 Å². The lowest BCUT2D eigenvalue weighted by Gasteiger charge is -2.38. The van der Waals surface area contributed by atoms with Gasteiger partial charge >= 0.3 is 0 Å². The van der Waals surface area contributed by atoms with Crippen molar-refractivity contribution in [2.75, 3.05) is 20.1 Å². The second kappa shape index (κ2) is 6.89. The second-order valence-corrected chi connectivity index (χ2v) is 6.31. The van der Waals surface area contributed by atoms with Crippen molar-refractivity contribution in [3.63, 3.8) is 0 Å². The van der Waals surface area contributed by atoms with E-state index in [2.05, 4.69) is 22.5 Å². The van der Waals surface area contributed by atoms with Crippen LogP contribution < -0.4 is 0 Å². The highest BCUT2D eigenvalue weighted by molar-refractivity contribution is 9.10. The summed E-state index contributed by atoms with van der Waals surface area (Å²) in [6, 6.07) is 7.94. The van der Waals surface area contributed by atoms with Gasteiger partial charge in [0.2, 0.25) is 11.8 Å². The van der Waals surface area contributed by atoms with Crippen molar-refractivity contribution in [2.45, 2.75) is 13.0 Å². The van der Waals surface area contributed by atoms with Crippen LogP contribution in [0.4, 0.5) is 0 Å². The van der Waals surface area contributed by atoms with Crippen LogP contribution in [-0.4, -0.2) is 41.8 Å². The summed E-state index contributed by atoms with van der Waals surface area (Å²) in [5, 5.41) is 0. The molecule has 1 aliphatic rings. The number of nitrogens with zero attached hydrogens (tertiary/aromatic N) is 2. The molecule has 0 N–H and O–H groups in total. The normalized spacial score (nSPS) is 14.5. The number of halogens is 1. The number of benzene rings is 1. The van der Waals surface area contributed by atoms with Gasteiger partial charge in [-0.3, -0.25) is 9.59 Å². The molecule has 0 unspecified atom stereocenters. The first-order valence-corrected chi connectivity index (χ1v) is 7.68. The van der Waals surface area contributed by atoms with Crippen LogP contribution in [0.15, 0.2) is 41.4 Å². The molecule has 1 aliphatic heterocycles. The summed E-state index contributed by atoms with van der Waals surface area (Å²) in [5.41, 5.74) is 1.09. The molecule has 0 aliphatic carbocycles. The summed E-state index contributed by atoms with van der Waals surface area (Å²) in [7, 11) is 1.81. The topological polar surface area (TPSA) is 40.6 Å². The van der Waals surface area contributed by atoms with Gasteiger partial charge in [-0.2, -0.15) is 0 Å². The lowest BCUT2D eigenvalue weighted by molar-refractivity contribution is -0.138.